The molecule has 26 heavy (non-hydrogen) atoms. The lowest BCUT2D eigenvalue weighted by molar-refractivity contribution is -0.384. The number of hydrogen-bond acceptors (Lipinski definition) is 5. The van der Waals surface area contributed by atoms with E-state index in [1.165, 1.54) is 22.8 Å². The number of nitro benzene ring substituents is 1. The first kappa shape index (κ1) is 18.1. The summed E-state index contributed by atoms with van der Waals surface area (Å²) in [6, 6.07) is 16.4. The molecule has 1 heterocycles. The molecule has 0 aliphatic carbocycles. The third-order valence-corrected chi connectivity index (χ3v) is 5.39. The van der Waals surface area contributed by atoms with E-state index in [0.717, 1.165) is 23.3 Å². The summed E-state index contributed by atoms with van der Waals surface area (Å²) in [7, 11) is 0. The zero-order valence-corrected chi connectivity index (χ0v) is 15.2. The minimum Gasteiger partial charge on any atom is -0.272 e. The molecule has 7 heteroatoms. The van der Waals surface area contributed by atoms with Gasteiger partial charge in [-0.1, -0.05) is 42.5 Å². The maximum Gasteiger partial charge on any atom is 0.269 e. The van der Waals surface area contributed by atoms with Gasteiger partial charge in [0.15, 0.2) is 0 Å². The average Bonchev–Trinajstić information content (AvgIpc) is 3.17. The minimum atomic E-state index is -0.407. The molecule has 1 aliphatic rings. The van der Waals surface area contributed by atoms with E-state index in [0.29, 0.717) is 6.54 Å². The van der Waals surface area contributed by atoms with E-state index in [-0.39, 0.29) is 22.6 Å². The Kier molecular flexibility index (Phi) is 5.68. The third kappa shape index (κ3) is 4.29. The van der Waals surface area contributed by atoms with Crippen molar-refractivity contribution in [1.82, 2.24) is 5.01 Å². The van der Waals surface area contributed by atoms with Crippen LogP contribution in [-0.2, 0) is 4.79 Å². The number of thioether (sulfide) groups is 1. The van der Waals surface area contributed by atoms with Crippen LogP contribution in [0, 0.1) is 10.1 Å². The molecular formula is C19H19N3O3S. The first-order valence-electron chi connectivity index (χ1n) is 8.34. The van der Waals surface area contributed by atoms with Gasteiger partial charge in [-0.3, -0.25) is 14.9 Å². The van der Waals surface area contributed by atoms with E-state index in [9.17, 15) is 14.9 Å². The van der Waals surface area contributed by atoms with Crippen molar-refractivity contribution < 1.29 is 9.72 Å². The number of amides is 1. The molecule has 0 unspecified atom stereocenters. The Morgan fingerprint density at radius 1 is 1.27 bits per heavy atom. The van der Waals surface area contributed by atoms with Crippen molar-refractivity contribution in [3.8, 4) is 0 Å². The summed E-state index contributed by atoms with van der Waals surface area (Å²) >= 11 is 1.46. The molecule has 0 spiro atoms. The van der Waals surface area contributed by atoms with Crippen molar-refractivity contribution in [1.29, 1.82) is 0 Å². The zero-order valence-electron chi connectivity index (χ0n) is 14.4. The average molecular weight is 369 g/mol. The largest absolute Gasteiger partial charge is 0.272 e. The van der Waals surface area contributed by atoms with Gasteiger partial charge in [0.25, 0.3) is 11.6 Å². The Morgan fingerprint density at radius 3 is 2.77 bits per heavy atom. The van der Waals surface area contributed by atoms with Gasteiger partial charge in [0, 0.05) is 23.8 Å². The molecule has 0 aromatic heterocycles. The van der Waals surface area contributed by atoms with E-state index in [2.05, 4.69) is 5.10 Å². The number of carbonyl (C=O) groups excluding carboxylic acids is 1. The Labute approximate surface area is 156 Å². The maximum absolute atomic E-state index is 12.4. The predicted octanol–water partition coefficient (Wildman–Crippen LogP) is 4.03. The second-order valence-corrected chi connectivity index (χ2v) is 7.31. The van der Waals surface area contributed by atoms with Gasteiger partial charge in [0.2, 0.25) is 0 Å². The standard InChI is InChI=1S/C19H19N3O3S/c1-14(16-8-5-9-17(12-16)22(24)25)26-13-19(23)21-11-10-18(20-21)15-6-3-2-4-7-15/h2-9,12,14H,10-11,13H2,1H3/t14-/m0/s1. The van der Waals surface area contributed by atoms with Crippen LogP contribution < -0.4 is 0 Å². The minimum absolute atomic E-state index is 0.0148. The number of nitrogens with zero attached hydrogens (tertiary/aromatic N) is 3. The zero-order chi connectivity index (χ0) is 18.5. The van der Waals surface area contributed by atoms with E-state index in [1.807, 2.05) is 43.3 Å². The SMILES string of the molecule is C[C@H](SCC(=O)N1CCC(c2ccccc2)=N1)c1cccc([N+](=O)[O-])c1. The molecule has 0 radical (unpaired) electrons. The second-order valence-electron chi connectivity index (χ2n) is 5.98. The van der Waals surface area contributed by atoms with E-state index >= 15 is 0 Å². The van der Waals surface area contributed by atoms with Crippen molar-refractivity contribution in [2.75, 3.05) is 12.3 Å². The van der Waals surface area contributed by atoms with Crippen LogP contribution in [0.25, 0.3) is 0 Å². The highest BCUT2D eigenvalue weighted by molar-refractivity contribution is 8.00. The highest BCUT2D eigenvalue weighted by Gasteiger charge is 2.22. The number of benzene rings is 2. The van der Waals surface area contributed by atoms with Gasteiger partial charge in [-0.05, 0) is 18.1 Å². The van der Waals surface area contributed by atoms with Crippen LogP contribution in [0.2, 0.25) is 0 Å². The van der Waals surface area contributed by atoms with Gasteiger partial charge in [0.05, 0.1) is 22.9 Å². The smallest absolute Gasteiger partial charge is 0.269 e. The molecule has 1 aliphatic heterocycles. The molecule has 0 fully saturated rings. The second kappa shape index (κ2) is 8.14. The Hall–Kier alpha value is -2.67. The number of nitro groups is 1. The fourth-order valence-corrected chi connectivity index (χ4v) is 3.61. The Balaban J connectivity index is 1.58. The highest BCUT2D eigenvalue weighted by atomic mass is 32.2. The van der Waals surface area contributed by atoms with Crippen LogP contribution in [0.3, 0.4) is 0 Å². The summed E-state index contributed by atoms with van der Waals surface area (Å²) in [5, 5.41) is 16.8. The topological polar surface area (TPSA) is 75.8 Å². The van der Waals surface area contributed by atoms with Crippen molar-refractivity contribution in [3.05, 3.63) is 75.8 Å². The van der Waals surface area contributed by atoms with Crippen LogP contribution >= 0.6 is 11.8 Å². The van der Waals surface area contributed by atoms with Crippen molar-refractivity contribution in [2.24, 2.45) is 5.10 Å². The number of carbonyl (C=O) groups is 1. The lowest BCUT2D eigenvalue weighted by Crippen LogP contribution is -2.25. The van der Waals surface area contributed by atoms with E-state index < -0.39 is 4.92 Å². The first-order chi connectivity index (χ1) is 12.5. The molecule has 6 nitrogen and oxygen atoms in total. The van der Waals surface area contributed by atoms with Gasteiger partial charge in [-0.25, -0.2) is 5.01 Å². The monoisotopic (exact) mass is 369 g/mol. The van der Waals surface area contributed by atoms with Crippen LogP contribution in [-0.4, -0.2) is 33.8 Å². The van der Waals surface area contributed by atoms with Gasteiger partial charge in [0.1, 0.15) is 0 Å². The molecule has 2 aromatic carbocycles. The molecule has 1 atom stereocenters. The number of hydrazone groups is 1. The van der Waals surface area contributed by atoms with Crippen LogP contribution in [0.4, 0.5) is 5.69 Å². The third-order valence-electron chi connectivity index (χ3n) is 4.20. The molecule has 2 aromatic rings. The summed E-state index contributed by atoms with van der Waals surface area (Å²) in [5.41, 5.74) is 2.88. The molecule has 1 amide bonds. The van der Waals surface area contributed by atoms with Gasteiger partial charge in [-0.2, -0.15) is 5.10 Å². The van der Waals surface area contributed by atoms with Crippen molar-refractivity contribution in [2.45, 2.75) is 18.6 Å². The van der Waals surface area contributed by atoms with Gasteiger partial charge in [-0.15, -0.1) is 11.8 Å². The molecule has 0 N–H and O–H groups in total. The summed E-state index contributed by atoms with van der Waals surface area (Å²) in [4.78, 5) is 22.9. The molecule has 0 saturated carbocycles. The molecule has 134 valence electrons. The molecular weight excluding hydrogens is 350 g/mol. The number of rotatable bonds is 6. The van der Waals surface area contributed by atoms with E-state index in [1.54, 1.807) is 12.1 Å². The first-order valence-corrected chi connectivity index (χ1v) is 9.38. The highest BCUT2D eigenvalue weighted by Crippen LogP contribution is 2.30. The molecule has 0 bridgehead atoms. The fourth-order valence-electron chi connectivity index (χ4n) is 2.73. The lowest BCUT2D eigenvalue weighted by Gasteiger charge is -2.14. The summed E-state index contributed by atoms with van der Waals surface area (Å²) < 4.78 is 0. The summed E-state index contributed by atoms with van der Waals surface area (Å²) in [6.45, 7) is 2.54. The Morgan fingerprint density at radius 2 is 2.04 bits per heavy atom. The van der Waals surface area contributed by atoms with Crippen LogP contribution in [0.15, 0.2) is 59.7 Å². The summed E-state index contributed by atoms with van der Waals surface area (Å²) in [6.07, 6.45) is 0.751. The molecule has 0 saturated heterocycles. The normalized spacial score (nSPS) is 14.8. The number of hydrogen-bond donors (Lipinski definition) is 0. The van der Waals surface area contributed by atoms with Crippen LogP contribution in [0.1, 0.15) is 29.7 Å². The summed E-state index contributed by atoms with van der Waals surface area (Å²) in [5.74, 6) is 0.244. The predicted molar refractivity (Wildman–Crippen MR) is 103 cm³/mol. The Bertz CT molecular complexity index is 839. The van der Waals surface area contributed by atoms with E-state index in [4.69, 9.17) is 0 Å². The quantitative estimate of drug-likeness (QED) is 0.569. The fraction of sp³-hybridized carbons (Fsp3) is 0.263. The van der Waals surface area contributed by atoms with Gasteiger partial charge < -0.3 is 0 Å². The van der Waals surface area contributed by atoms with Crippen LogP contribution in [0.5, 0.6) is 0 Å². The van der Waals surface area contributed by atoms with Crippen molar-refractivity contribution >= 4 is 29.1 Å². The maximum atomic E-state index is 12.4. The van der Waals surface area contributed by atoms with Crippen molar-refractivity contribution in [3.63, 3.8) is 0 Å². The van der Waals surface area contributed by atoms with Gasteiger partial charge >= 0.3 is 0 Å². The lowest BCUT2D eigenvalue weighted by atomic mass is 10.1. The molecule has 3 rings (SSSR count). The number of non-ortho nitro benzene ring substituents is 1.